The summed E-state index contributed by atoms with van der Waals surface area (Å²) in [5.74, 6) is 0. The number of thiophene rings is 1. The number of nitrogens with zero attached hydrogens (tertiary/aromatic N) is 1. The van der Waals surface area contributed by atoms with Gasteiger partial charge in [0.05, 0.1) is 13.2 Å². The summed E-state index contributed by atoms with van der Waals surface area (Å²) in [5.41, 5.74) is 5.59. The van der Waals surface area contributed by atoms with Gasteiger partial charge in [0.1, 0.15) is 0 Å². The normalized spacial score (nSPS) is 19.8. The van der Waals surface area contributed by atoms with Crippen LogP contribution in [-0.2, 0) is 4.74 Å². The van der Waals surface area contributed by atoms with E-state index in [1.54, 1.807) is 11.3 Å². The van der Waals surface area contributed by atoms with E-state index in [1.165, 1.54) is 27.2 Å². The quantitative estimate of drug-likeness (QED) is 0.826. The zero-order chi connectivity index (χ0) is 15.5. The highest BCUT2D eigenvalue weighted by atomic mass is 32.1. The van der Waals surface area contributed by atoms with Crippen LogP contribution in [0.3, 0.4) is 0 Å². The molecule has 0 radical (unpaired) electrons. The zero-order valence-corrected chi connectivity index (χ0v) is 14.0. The number of hydrogen-bond donors (Lipinski definition) is 0. The highest BCUT2D eigenvalue weighted by Crippen LogP contribution is 2.38. The first-order valence-electron chi connectivity index (χ1n) is 8.26. The largest absolute Gasteiger partial charge is 0.379 e. The Labute approximate surface area is 141 Å². The van der Waals surface area contributed by atoms with E-state index in [1.807, 2.05) is 0 Å². The number of ether oxygens (including phenoxy) is 1. The van der Waals surface area contributed by atoms with Gasteiger partial charge >= 0.3 is 0 Å². The molecule has 0 atom stereocenters. The zero-order valence-electron chi connectivity index (χ0n) is 13.2. The van der Waals surface area contributed by atoms with Crippen LogP contribution in [-0.4, -0.2) is 37.7 Å². The summed E-state index contributed by atoms with van der Waals surface area (Å²) < 4.78 is 5.44. The first-order chi connectivity index (χ1) is 11.4. The Morgan fingerprint density at radius 1 is 1.04 bits per heavy atom. The molecule has 3 heteroatoms. The topological polar surface area (TPSA) is 12.5 Å². The van der Waals surface area contributed by atoms with Crippen molar-refractivity contribution in [3.05, 3.63) is 63.9 Å². The molecular formula is C20H21NOS. The fourth-order valence-electron chi connectivity index (χ4n) is 3.31. The molecule has 0 spiro atoms. The van der Waals surface area contributed by atoms with E-state index in [4.69, 9.17) is 4.74 Å². The molecule has 1 aromatic carbocycles. The van der Waals surface area contributed by atoms with Crippen molar-refractivity contribution in [2.45, 2.75) is 6.42 Å². The standard InChI is InChI=1S/C20H21NOS/c1-2-6-20-17(15-18-4-3-13-23-18)14-16(19(20)5-1)7-8-21-9-11-22-12-10-21/h1-6,13-15H,7-12H2. The number of hydrogen-bond acceptors (Lipinski definition) is 3. The smallest absolute Gasteiger partial charge is 0.0594 e. The molecule has 0 unspecified atom stereocenters. The van der Waals surface area contributed by atoms with Crippen LogP contribution in [0.1, 0.15) is 22.4 Å². The Morgan fingerprint density at radius 3 is 2.65 bits per heavy atom. The molecule has 2 nitrogen and oxygen atoms in total. The molecule has 2 aliphatic rings. The van der Waals surface area contributed by atoms with Crippen molar-refractivity contribution >= 4 is 28.6 Å². The van der Waals surface area contributed by atoms with Gasteiger partial charge in [-0.05, 0) is 46.2 Å². The van der Waals surface area contributed by atoms with Crippen LogP contribution in [0.25, 0.3) is 17.2 Å². The predicted octanol–water partition coefficient (Wildman–Crippen LogP) is 4.41. The van der Waals surface area contributed by atoms with Gasteiger partial charge in [-0.1, -0.05) is 36.4 Å². The van der Waals surface area contributed by atoms with Gasteiger partial charge in [-0.15, -0.1) is 11.3 Å². The number of fused-ring (bicyclic) bond motifs is 1. The Balaban J connectivity index is 1.56. The molecule has 0 saturated carbocycles. The second-order valence-corrected chi connectivity index (χ2v) is 7.01. The van der Waals surface area contributed by atoms with Crippen LogP contribution >= 0.6 is 11.3 Å². The molecule has 1 fully saturated rings. The van der Waals surface area contributed by atoms with E-state index < -0.39 is 0 Å². The summed E-state index contributed by atoms with van der Waals surface area (Å²) in [6, 6.07) is 13.1. The van der Waals surface area contributed by atoms with E-state index in [2.05, 4.69) is 58.8 Å². The first kappa shape index (κ1) is 14.9. The van der Waals surface area contributed by atoms with Crippen molar-refractivity contribution in [2.24, 2.45) is 0 Å². The maximum absolute atomic E-state index is 5.44. The summed E-state index contributed by atoms with van der Waals surface area (Å²) >= 11 is 1.79. The molecule has 1 saturated heterocycles. The maximum Gasteiger partial charge on any atom is 0.0594 e. The van der Waals surface area contributed by atoms with Gasteiger partial charge in [0.25, 0.3) is 0 Å². The average molecular weight is 323 g/mol. The van der Waals surface area contributed by atoms with Gasteiger partial charge in [-0.3, -0.25) is 4.90 Å². The third-order valence-corrected chi connectivity index (χ3v) is 5.38. The van der Waals surface area contributed by atoms with E-state index in [0.717, 1.165) is 39.3 Å². The Morgan fingerprint density at radius 2 is 1.87 bits per heavy atom. The van der Waals surface area contributed by atoms with Gasteiger partial charge in [-0.2, -0.15) is 0 Å². The van der Waals surface area contributed by atoms with Gasteiger partial charge in [0, 0.05) is 24.5 Å². The SMILES string of the molecule is C(=C1C=C(CCN2CCOCC2)c2ccccc21)c1cccs1. The highest BCUT2D eigenvalue weighted by molar-refractivity contribution is 7.10. The number of morpholine rings is 1. The molecule has 0 bridgehead atoms. The average Bonchev–Trinajstić information content (AvgIpc) is 3.23. The summed E-state index contributed by atoms with van der Waals surface area (Å²) in [6.07, 6.45) is 5.80. The van der Waals surface area contributed by atoms with Crippen molar-refractivity contribution in [1.82, 2.24) is 4.90 Å². The summed E-state index contributed by atoms with van der Waals surface area (Å²) in [4.78, 5) is 3.83. The maximum atomic E-state index is 5.44. The lowest BCUT2D eigenvalue weighted by atomic mass is 10.0. The van der Waals surface area contributed by atoms with Crippen LogP contribution in [0.4, 0.5) is 0 Å². The fraction of sp³-hybridized carbons (Fsp3) is 0.300. The van der Waals surface area contributed by atoms with Crippen molar-refractivity contribution in [2.75, 3.05) is 32.8 Å². The van der Waals surface area contributed by atoms with Gasteiger partial charge in [-0.25, -0.2) is 0 Å². The van der Waals surface area contributed by atoms with Crippen LogP contribution in [0.5, 0.6) is 0 Å². The highest BCUT2D eigenvalue weighted by Gasteiger charge is 2.19. The van der Waals surface area contributed by atoms with Crippen LogP contribution < -0.4 is 0 Å². The lowest BCUT2D eigenvalue weighted by Crippen LogP contribution is -2.36. The van der Waals surface area contributed by atoms with Crippen molar-refractivity contribution in [3.63, 3.8) is 0 Å². The van der Waals surface area contributed by atoms with Crippen molar-refractivity contribution in [3.8, 4) is 0 Å². The molecule has 2 aromatic rings. The van der Waals surface area contributed by atoms with Crippen molar-refractivity contribution < 1.29 is 4.74 Å². The number of benzene rings is 1. The molecule has 0 amide bonds. The first-order valence-corrected chi connectivity index (χ1v) is 9.14. The number of rotatable bonds is 4. The fourth-order valence-corrected chi connectivity index (χ4v) is 3.98. The molecule has 23 heavy (non-hydrogen) atoms. The third-order valence-electron chi connectivity index (χ3n) is 4.56. The molecule has 4 rings (SSSR count). The Hall–Kier alpha value is -1.68. The minimum Gasteiger partial charge on any atom is -0.379 e. The Kier molecular flexibility index (Phi) is 4.42. The van der Waals surface area contributed by atoms with Gasteiger partial charge in [0.15, 0.2) is 0 Å². The van der Waals surface area contributed by atoms with Crippen molar-refractivity contribution in [1.29, 1.82) is 0 Å². The lowest BCUT2D eigenvalue weighted by molar-refractivity contribution is 0.0390. The van der Waals surface area contributed by atoms with Crippen LogP contribution in [0, 0.1) is 0 Å². The number of allylic oxidation sites excluding steroid dienone is 2. The minimum atomic E-state index is 0.874. The second-order valence-electron chi connectivity index (χ2n) is 6.03. The van der Waals surface area contributed by atoms with Crippen LogP contribution in [0.2, 0.25) is 0 Å². The summed E-state index contributed by atoms with van der Waals surface area (Å²) in [5, 5.41) is 2.14. The molecule has 1 aliphatic heterocycles. The molecular weight excluding hydrogens is 302 g/mol. The van der Waals surface area contributed by atoms with E-state index in [-0.39, 0.29) is 0 Å². The van der Waals surface area contributed by atoms with E-state index >= 15 is 0 Å². The van der Waals surface area contributed by atoms with Gasteiger partial charge < -0.3 is 4.74 Å². The minimum absolute atomic E-state index is 0.874. The summed E-state index contributed by atoms with van der Waals surface area (Å²) in [7, 11) is 0. The van der Waals surface area contributed by atoms with E-state index in [0.29, 0.717) is 0 Å². The molecule has 1 aromatic heterocycles. The predicted molar refractivity (Wildman–Crippen MR) is 98.5 cm³/mol. The molecule has 118 valence electrons. The summed E-state index contributed by atoms with van der Waals surface area (Å²) in [6.45, 7) is 4.99. The van der Waals surface area contributed by atoms with Crippen LogP contribution in [0.15, 0.2) is 47.9 Å². The van der Waals surface area contributed by atoms with E-state index in [9.17, 15) is 0 Å². The monoisotopic (exact) mass is 323 g/mol. The van der Waals surface area contributed by atoms with Gasteiger partial charge in [0.2, 0.25) is 0 Å². The molecule has 1 aliphatic carbocycles. The molecule has 2 heterocycles. The third kappa shape index (κ3) is 3.32. The lowest BCUT2D eigenvalue weighted by Gasteiger charge is -2.26. The second kappa shape index (κ2) is 6.83. The Bertz CT molecular complexity index is 724. The molecule has 0 N–H and O–H groups in total.